The third-order valence-electron chi connectivity index (χ3n) is 0.465. The van der Waals surface area contributed by atoms with Crippen LogP contribution in [0.15, 0.2) is 24.0 Å². The van der Waals surface area contributed by atoms with Gasteiger partial charge < -0.3 is 0 Å². The third-order valence-corrected chi connectivity index (χ3v) is 1.39. The predicted molar refractivity (Wildman–Crippen MR) is 37.9 cm³/mol. The van der Waals surface area contributed by atoms with Gasteiger partial charge >= 0.3 is 17.1 Å². The maximum absolute atomic E-state index is 10.1. The topological polar surface area (TPSA) is 34.1 Å². The second-order valence-electron chi connectivity index (χ2n) is 0.922. The molecule has 0 aromatic heterocycles. The Balaban J connectivity index is 0. The summed E-state index contributed by atoms with van der Waals surface area (Å²) in [5.41, 5.74) is 0. The molecule has 0 heterocycles. The molecule has 0 atom stereocenters. The molecule has 0 saturated carbocycles. The van der Waals surface area contributed by atoms with Crippen LogP contribution in [0.25, 0.3) is 0 Å². The number of hydrogen-bond donors (Lipinski definition) is 0. The van der Waals surface area contributed by atoms with E-state index in [1.165, 1.54) is 0 Å². The summed E-state index contributed by atoms with van der Waals surface area (Å²) in [6.45, 7) is 6.09. The molecule has 0 saturated heterocycles. The van der Waals surface area contributed by atoms with Crippen LogP contribution in [0, 0.1) is 0 Å². The van der Waals surface area contributed by atoms with Crippen molar-refractivity contribution in [3.63, 3.8) is 0 Å². The summed E-state index contributed by atoms with van der Waals surface area (Å²) in [6.07, 6.45) is 0. The van der Waals surface area contributed by atoms with Gasteiger partial charge in [-0.1, -0.05) is 13.2 Å². The van der Waals surface area contributed by atoms with Gasteiger partial charge in [-0.3, -0.25) is 0 Å². The van der Waals surface area contributed by atoms with Crippen molar-refractivity contribution in [2.45, 2.75) is 0 Å². The van der Waals surface area contributed by atoms with Gasteiger partial charge in [0.15, 0.2) is 9.84 Å². The Hall–Kier alpha value is -0.0505. The molecule has 4 heteroatoms. The van der Waals surface area contributed by atoms with Crippen LogP contribution in [0.2, 0.25) is 0 Å². The van der Waals surface area contributed by atoms with E-state index in [-0.39, 0.29) is 17.1 Å². The summed E-state index contributed by atoms with van der Waals surface area (Å²) < 4.78 is 20.3. The summed E-state index contributed by atoms with van der Waals surface area (Å²) in [5.74, 6) is 0. The van der Waals surface area contributed by atoms with Crippen LogP contribution in [0.3, 0.4) is 0 Å². The first-order valence-corrected chi connectivity index (χ1v) is 3.23. The van der Waals surface area contributed by atoms with E-state index in [0.29, 0.717) is 0 Å². The first-order valence-electron chi connectivity index (χ1n) is 1.62. The summed E-state index contributed by atoms with van der Waals surface area (Å²) in [5, 5.41) is 1.69. The van der Waals surface area contributed by atoms with E-state index < -0.39 is 9.84 Å². The molecule has 0 fully saturated rings. The van der Waals surface area contributed by atoms with Gasteiger partial charge in [0, 0.05) is 10.8 Å². The van der Waals surface area contributed by atoms with Crippen LogP contribution < -0.4 is 0 Å². The first-order chi connectivity index (χ1) is 3.12. The molecule has 0 bridgehead atoms. The Bertz CT molecular complexity index is 154. The zero-order valence-electron chi connectivity index (χ0n) is 4.29. The van der Waals surface area contributed by atoms with Gasteiger partial charge in [-0.2, -0.15) is 0 Å². The van der Waals surface area contributed by atoms with Crippen LogP contribution >= 0.6 is 0 Å². The van der Waals surface area contributed by atoms with E-state index in [2.05, 4.69) is 13.2 Å². The number of hydrogen-bond acceptors (Lipinski definition) is 2. The molecule has 2 nitrogen and oxygen atoms in total. The molecular formula is C4H8O2SSe. The summed E-state index contributed by atoms with van der Waals surface area (Å²) in [6, 6.07) is 0. The molecule has 8 heavy (non-hydrogen) atoms. The zero-order chi connectivity index (χ0) is 5.91. The van der Waals surface area contributed by atoms with Crippen molar-refractivity contribution in [2.75, 3.05) is 0 Å². The normalized spacial score (nSPS) is 9.00. The minimum absolute atomic E-state index is 0. The van der Waals surface area contributed by atoms with E-state index in [9.17, 15) is 8.42 Å². The number of sulfone groups is 1. The van der Waals surface area contributed by atoms with Gasteiger partial charge in [-0.05, 0) is 0 Å². The second-order valence-corrected chi connectivity index (χ2v) is 2.77. The van der Waals surface area contributed by atoms with Gasteiger partial charge in [-0.25, -0.2) is 8.42 Å². The monoisotopic (exact) mass is 200 g/mol. The molecule has 0 aliphatic carbocycles. The van der Waals surface area contributed by atoms with Crippen molar-refractivity contribution >= 4 is 26.9 Å². The molecule has 0 rings (SSSR count). The fourth-order valence-electron chi connectivity index (χ4n) is 0.0680. The predicted octanol–water partition coefficient (Wildman–Crippen LogP) is -0.228. The zero-order valence-corrected chi connectivity index (χ0v) is 7.21. The van der Waals surface area contributed by atoms with Crippen molar-refractivity contribution in [1.29, 1.82) is 0 Å². The molecule has 0 aliphatic rings. The van der Waals surface area contributed by atoms with Crippen molar-refractivity contribution < 1.29 is 8.42 Å². The molecule has 0 aliphatic heterocycles. The average Bonchev–Trinajstić information content (AvgIpc) is 1.68. The van der Waals surface area contributed by atoms with Gasteiger partial charge in [0.25, 0.3) is 0 Å². The van der Waals surface area contributed by atoms with Crippen LogP contribution in [0.1, 0.15) is 0 Å². The molecule has 0 spiro atoms. The molecule has 0 radical (unpaired) electrons. The molecule has 0 unspecified atom stereocenters. The van der Waals surface area contributed by atoms with Gasteiger partial charge in [0.2, 0.25) is 0 Å². The minimum atomic E-state index is -3.13. The van der Waals surface area contributed by atoms with Crippen molar-refractivity contribution in [3.8, 4) is 0 Å². The first kappa shape index (κ1) is 10.8. The molecular weight excluding hydrogens is 191 g/mol. The Labute approximate surface area is 59.7 Å². The van der Waals surface area contributed by atoms with E-state index in [1.807, 2.05) is 0 Å². The Morgan fingerprint density at radius 1 is 1.12 bits per heavy atom. The summed E-state index contributed by atoms with van der Waals surface area (Å²) in [7, 11) is -3.13. The standard InChI is InChI=1S/C4H6O2S.H2Se/c1-3-7(5,6)4-2;/h3-4H,1-2H2;1H2. The fourth-order valence-corrected chi connectivity index (χ4v) is 0.204. The van der Waals surface area contributed by atoms with Crippen LogP contribution in [0.4, 0.5) is 0 Å². The molecule has 48 valence electrons. The van der Waals surface area contributed by atoms with Crippen molar-refractivity contribution in [1.82, 2.24) is 0 Å². The van der Waals surface area contributed by atoms with Crippen molar-refractivity contribution in [2.24, 2.45) is 0 Å². The van der Waals surface area contributed by atoms with Crippen LogP contribution in [-0.2, 0) is 9.84 Å². The maximum atomic E-state index is 10.1. The SMILES string of the molecule is C=CS(=O)(=O)C=C.[SeH2]. The van der Waals surface area contributed by atoms with Crippen LogP contribution in [0.5, 0.6) is 0 Å². The quantitative estimate of drug-likeness (QED) is 0.576. The molecule has 0 aromatic rings. The second kappa shape index (κ2) is 3.89. The fraction of sp³-hybridized carbons (Fsp3) is 0. The average molecular weight is 199 g/mol. The Morgan fingerprint density at radius 2 is 1.38 bits per heavy atom. The number of rotatable bonds is 2. The van der Waals surface area contributed by atoms with Gasteiger partial charge in [0.1, 0.15) is 0 Å². The molecule has 0 N–H and O–H groups in total. The van der Waals surface area contributed by atoms with Crippen molar-refractivity contribution in [3.05, 3.63) is 24.0 Å². The van der Waals surface area contributed by atoms with E-state index in [1.54, 1.807) is 0 Å². The summed E-state index contributed by atoms with van der Waals surface area (Å²) >= 11 is 0. The van der Waals surface area contributed by atoms with E-state index in [0.717, 1.165) is 10.8 Å². The van der Waals surface area contributed by atoms with E-state index in [4.69, 9.17) is 0 Å². The summed E-state index contributed by atoms with van der Waals surface area (Å²) in [4.78, 5) is 0. The Morgan fingerprint density at radius 3 is 1.38 bits per heavy atom. The van der Waals surface area contributed by atoms with Gasteiger partial charge in [0.05, 0.1) is 0 Å². The Kier molecular flexibility index (Phi) is 5.28. The third kappa shape index (κ3) is 4.12. The molecule has 0 amide bonds. The van der Waals surface area contributed by atoms with Crippen LogP contribution in [-0.4, -0.2) is 25.5 Å². The van der Waals surface area contributed by atoms with Gasteiger partial charge in [-0.15, -0.1) is 0 Å². The van der Waals surface area contributed by atoms with E-state index >= 15 is 0 Å². The molecule has 0 aromatic carbocycles.